The summed E-state index contributed by atoms with van der Waals surface area (Å²) in [6.07, 6.45) is 10.4. The van der Waals surface area contributed by atoms with Gasteiger partial charge in [0.2, 0.25) is 5.91 Å². The first-order chi connectivity index (χ1) is 12.3. The van der Waals surface area contributed by atoms with E-state index in [0.29, 0.717) is 12.5 Å². The van der Waals surface area contributed by atoms with Gasteiger partial charge in [0.1, 0.15) is 12.1 Å². The summed E-state index contributed by atoms with van der Waals surface area (Å²) < 4.78 is 1.96. The van der Waals surface area contributed by atoms with Crippen LogP contribution in [0.5, 0.6) is 0 Å². The molecule has 0 atom stereocenters. The second-order valence-electron chi connectivity index (χ2n) is 6.48. The van der Waals surface area contributed by atoms with Gasteiger partial charge in [0, 0.05) is 43.8 Å². The van der Waals surface area contributed by atoms with Gasteiger partial charge in [-0.3, -0.25) is 14.5 Å². The molecule has 0 aromatic carbocycles. The molecule has 3 aromatic rings. The average molecular weight is 335 g/mol. The van der Waals surface area contributed by atoms with Gasteiger partial charge in [0.05, 0.1) is 29.6 Å². The van der Waals surface area contributed by atoms with Crippen LogP contribution >= 0.6 is 0 Å². The molecule has 5 rings (SSSR count). The van der Waals surface area contributed by atoms with Crippen LogP contribution in [-0.2, 0) is 4.79 Å². The van der Waals surface area contributed by atoms with Crippen LogP contribution < -0.4 is 9.80 Å². The Morgan fingerprint density at radius 2 is 2.08 bits per heavy atom. The first-order valence-electron chi connectivity index (χ1n) is 8.44. The minimum atomic E-state index is 0.191. The third kappa shape index (κ3) is 2.33. The van der Waals surface area contributed by atoms with Crippen LogP contribution in [0, 0.1) is 0 Å². The topological polar surface area (TPSA) is 80.0 Å². The fourth-order valence-corrected chi connectivity index (χ4v) is 3.53. The SMILES string of the molecule is O=C1CCCN1c1cnn(C2CN(c3ncnc4cnccc34)C2)c1. The van der Waals surface area contributed by atoms with Crippen molar-refractivity contribution < 1.29 is 4.79 Å². The van der Waals surface area contributed by atoms with E-state index in [4.69, 9.17) is 0 Å². The largest absolute Gasteiger partial charge is 0.352 e. The number of fused-ring (bicyclic) bond motifs is 1. The monoisotopic (exact) mass is 335 g/mol. The first-order valence-corrected chi connectivity index (χ1v) is 8.44. The molecule has 0 N–H and O–H groups in total. The van der Waals surface area contributed by atoms with Gasteiger partial charge in [-0.2, -0.15) is 5.10 Å². The zero-order valence-corrected chi connectivity index (χ0v) is 13.6. The molecule has 126 valence electrons. The summed E-state index contributed by atoms with van der Waals surface area (Å²) in [5.74, 6) is 1.13. The highest BCUT2D eigenvalue weighted by atomic mass is 16.2. The number of nitrogens with zero attached hydrogens (tertiary/aromatic N) is 7. The summed E-state index contributed by atoms with van der Waals surface area (Å²) in [7, 11) is 0. The first kappa shape index (κ1) is 14.3. The van der Waals surface area contributed by atoms with Gasteiger partial charge < -0.3 is 9.80 Å². The Balaban J connectivity index is 1.33. The van der Waals surface area contributed by atoms with E-state index in [2.05, 4.69) is 25.0 Å². The summed E-state index contributed by atoms with van der Waals surface area (Å²) in [4.78, 5) is 28.7. The van der Waals surface area contributed by atoms with E-state index in [0.717, 1.165) is 48.5 Å². The van der Waals surface area contributed by atoms with Crippen LogP contribution in [0.2, 0.25) is 0 Å². The number of hydrogen-bond acceptors (Lipinski definition) is 6. The molecule has 0 aliphatic carbocycles. The Morgan fingerprint density at radius 1 is 1.16 bits per heavy atom. The summed E-state index contributed by atoms with van der Waals surface area (Å²) in [5, 5.41) is 5.47. The van der Waals surface area contributed by atoms with Crippen LogP contribution in [0.3, 0.4) is 0 Å². The van der Waals surface area contributed by atoms with E-state index in [1.807, 2.05) is 21.8 Å². The molecule has 1 amide bonds. The Labute approximate surface area is 144 Å². The lowest BCUT2D eigenvalue weighted by Gasteiger charge is -2.40. The number of rotatable bonds is 3. The third-order valence-electron chi connectivity index (χ3n) is 4.93. The highest BCUT2D eigenvalue weighted by molar-refractivity contribution is 5.95. The minimum absolute atomic E-state index is 0.191. The number of pyridine rings is 1. The van der Waals surface area contributed by atoms with Crippen molar-refractivity contribution in [3.05, 3.63) is 37.2 Å². The summed E-state index contributed by atoms with van der Waals surface area (Å²) in [6, 6.07) is 2.24. The van der Waals surface area contributed by atoms with Gasteiger partial charge in [0.15, 0.2) is 0 Å². The molecule has 0 spiro atoms. The van der Waals surface area contributed by atoms with Crippen molar-refractivity contribution in [2.24, 2.45) is 0 Å². The molecule has 2 aliphatic heterocycles. The van der Waals surface area contributed by atoms with Crippen LogP contribution in [0.1, 0.15) is 18.9 Å². The normalized spacial score (nSPS) is 18.2. The molecule has 2 aliphatic rings. The fourth-order valence-electron chi connectivity index (χ4n) is 3.53. The van der Waals surface area contributed by atoms with Gasteiger partial charge in [0.25, 0.3) is 0 Å². The third-order valence-corrected chi connectivity index (χ3v) is 4.93. The molecule has 0 unspecified atom stereocenters. The molecular formula is C17H17N7O. The van der Waals surface area contributed by atoms with Crippen molar-refractivity contribution in [3.8, 4) is 0 Å². The molecule has 2 fully saturated rings. The molecule has 0 radical (unpaired) electrons. The molecule has 5 heterocycles. The van der Waals surface area contributed by atoms with Crippen LogP contribution in [0.4, 0.5) is 11.5 Å². The number of anilines is 2. The molecule has 0 bridgehead atoms. The van der Waals surface area contributed by atoms with Crippen molar-refractivity contribution in [2.45, 2.75) is 18.9 Å². The highest BCUT2D eigenvalue weighted by Crippen LogP contribution is 2.31. The van der Waals surface area contributed by atoms with Crippen molar-refractivity contribution in [2.75, 3.05) is 29.4 Å². The Morgan fingerprint density at radius 3 is 2.92 bits per heavy atom. The van der Waals surface area contributed by atoms with Gasteiger partial charge in [-0.15, -0.1) is 0 Å². The van der Waals surface area contributed by atoms with Crippen molar-refractivity contribution in [1.82, 2.24) is 24.7 Å². The van der Waals surface area contributed by atoms with Gasteiger partial charge in [-0.25, -0.2) is 9.97 Å². The Kier molecular flexibility index (Phi) is 3.16. The van der Waals surface area contributed by atoms with E-state index in [1.165, 1.54) is 0 Å². The fraction of sp³-hybridized carbons (Fsp3) is 0.353. The smallest absolute Gasteiger partial charge is 0.227 e. The van der Waals surface area contributed by atoms with Crippen LogP contribution in [0.25, 0.3) is 10.9 Å². The van der Waals surface area contributed by atoms with E-state index in [1.54, 1.807) is 24.9 Å². The van der Waals surface area contributed by atoms with Crippen molar-refractivity contribution in [3.63, 3.8) is 0 Å². The molecule has 8 nitrogen and oxygen atoms in total. The zero-order valence-electron chi connectivity index (χ0n) is 13.6. The maximum atomic E-state index is 11.9. The summed E-state index contributed by atoms with van der Waals surface area (Å²) in [5.41, 5.74) is 1.75. The minimum Gasteiger partial charge on any atom is -0.352 e. The van der Waals surface area contributed by atoms with Crippen molar-refractivity contribution in [1.29, 1.82) is 0 Å². The highest BCUT2D eigenvalue weighted by Gasteiger charge is 2.32. The lowest BCUT2D eigenvalue weighted by Crippen LogP contribution is -2.48. The molecule has 3 aromatic heterocycles. The molecule has 25 heavy (non-hydrogen) atoms. The molecule has 0 saturated carbocycles. The molecule has 2 saturated heterocycles. The second-order valence-corrected chi connectivity index (χ2v) is 6.48. The molecule has 8 heteroatoms. The predicted octanol–water partition coefficient (Wildman–Crippen LogP) is 1.41. The van der Waals surface area contributed by atoms with Gasteiger partial charge in [-0.1, -0.05) is 0 Å². The van der Waals surface area contributed by atoms with Gasteiger partial charge in [-0.05, 0) is 12.5 Å². The maximum absolute atomic E-state index is 11.9. The van der Waals surface area contributed by atoms with Crippen molar-refractivity contribution >= 4 is 28.3 Å². The van der Waals surface area contributed by atoms with E-state index in [-0.39, 0.29) is 5.91 Å². The van der Waals surface area contributed by atoms with E-state index >= 15 is 0 Å². The van der Waals surface area contributed by atoms with Gasteiger partial charge >= 0.3 is 0 Å². The number of aromatic nitrogens is 5. The lowest BCUT2D eigenvalue weighted by molar-refractivity contribution is -0.117. The number of hydrogen-bond donors (Lipinski definition) is 0. The second kappa shape index (κ2) is 5.51. The summed E-state index contributed by atoms with van der Waals surface area (Å²) in [6.45, 7) is 2.47. The number of amides is 1. The number of carbonyl (C=O) groups is 1. The van der Waals surface area contributed by atoms with Crippen LogP contribution in [-0.4, -0.2) is 50.3 Å². The summed E-state index contributed by atoms with van der Waals surface area (Å²) >= 11 is 0. The van der Waals surface area contributed by atoms with E-state index in [9.17, 15) is 4.79 Å². The average Bonchev–Trinajstić information content (AvgIpc) is 3.23. The standard InChI is InChI=1S/C17H17N7O/c25-16-2-1-5-23(16)12-6-21-24(10-12)13-8-22(9-13)17-14-3-4-18-7-15(14)19-11-20-17/h3-4,6-7,10-11,13H,1-2,5,8-9H2. The van der Waals surface area contributed by atoms with E-state index < -0.39 is 0 Å². The van der Waals surface area contributed by atoms with Crippen LogP contribution in [0.15, 0.2) is 37.2 Å². The zero-order chi connectivity index (χ0) is 16.8. The Hall–Kier alpha value is -3.03. The number of carbonyl (C=O) groups excluding carboxylic acids is 1. The Bertz CT molecular complexity index is 942. The lowest BCUT2D eigenvalue weighted by atomic mass is 10.1. The molecular weight excluding hydrogens is 318 g/mol. The quantitative estimate of drug-likeness (QED) is 0.720. The predicted molar refractivity (Wildman–Crippen MR) is 92.4 cm³/mol. The maximum Gasteiger partial charge on any atom is 0.227 e.